The van der Waals surface area contributed by atoms with Crippen molar-refractivity contribution >= 4 is 34.3 Å². The molecule has 160 valence electrons. The molecule has 1 atom stereocenters. The molecule has 1 aromatic heterocycles. The zero-order valence-corrected chi connectivity index (χ0v) is 18.7. The molecule has 1 aliphatic heterocycles. The lowest BCUT2D eigenvalue weighted by molar-refractivity contribution is -0.121. The molecule has 0 saturated heterocycles. The molecule has 1 unspecified atom stereocenters. The Hall–Kier alpha value is -2.74. The van der Waals surface area contributed by atoms with Crippen molar-refractivity contribution in [3.63, 3.8) is 0 Å². The van der Waals surface area contributed by atoms with Crippen LogP contribution in [0.4, 0.5) is 5.13 Å². The molecule has 0 fully saturated rings. The summed E-state index contributed by atoms with van der Waals surface area (Å²) >= 11 is 1.26. The average Bonchev–Trinajstić information content (AvgIpc) is 3.27. The monoisotopic (exact) mass is 429 g/mol. The smallest absolute Gasteiger partial charge is 0.357 e. The van der Waals surface area contributed by atoms with E-state index in [1.54, 1.807) is 11.0 Å². The number of esters is 1. The highest BCUT2D eigenvalue weighted by Gasteiger charge is 2.37. The number of nitrogens with one attached hydrogen (secondary N) is 1. The molecule has 3 rings (SSSR count). The van der Waals surface area contributed by atoms with Crippen molar-refractivity contribution in [1.82, 2.24) is 9.88 Å². The number of aromatic nitrogens is 1. The Morgan fingerprint density at radius 1 is 1.23 bits per heavy atom. The van der Waals surface area contributed by atoms with E-state index in [4.69, 9.17) is 4.74 Å². The van der Waals surface area contributed by atoms with E-state index < -0.39 is 12.0 Å². The molecule has 0 bridgehead atoms. The van der Waals surface area contributed by atoms with Crippen molar-refractivity contribution < 1.29 is 19.1 Å². The third-order valence-electron chi connectivity index (χ3n) is 5.01. The number of ether oxygens (including phenoxy) is 1. The molecule has 2 amide bonds. The maximum absolute atomic E-state index is 13.2. The Morgan fingerprint density at radius 2 is 1.93 bits per heavy atom. The molecule has 1 aliphatic rings. The second-order valence-electron chi connectivity index (χ2n) is 8.10. The van der Waals surface area contributed by atoms with E-state index in [2.05, 4.69) is 10.3 Å². The quantitative estimate of drug-likeness (QED) is 0.671. The number of nitrogens with zero attached hydrogens (tertiary/aromatic N) is 2. The maximum Gasteiger partial charge on any atom is 0.357 e. The van der Waals surface area contributed by atoms with E-state index in [0.29, 0.717) is 23.7 Å². The number of hydrogen-bond donors (Lipinski definition) is 1. The van der Waals surface area contributed by atoms with Crippen LogP contribution in [-0.2, 0) is 16.1 Å². The van der Waals surface area contributed by atoms with Crippen LogP contribution in [0.1, 0.15) is 71.3 Å². The van der Waals surface area contributed by atoms with Gasteiger partial charge in [0.05, 0.1) is 7.11 Å². The van der Waals surface area contributed by atoms with E-state index in [9.17, 15) is 14.4 Å². The van der Waals surface area contributed by atoms with Gasteiger partial charge in [-0.2, -0.15) is 0 Å². The van der Waals surface area contributed by atoms with Gasteiger partial charge in [0.2, 0.25) is 5.91 Å². The summed E-state index contributed by atoms with van der Waals surface area (Å²) in [4.78, 5) is 44.9. The highest BCUT2D eigenvalue weighted by molar-refractivity contribution is 7.16. The summed E-state index contributed by atoms with van der Waals surface area (Å²) in [5.74, 6) is -0.692. The van der Waals surface area contributed by atoms with Crippen molar-refractivity contribution in [3.05, 3.63) is 46.0 Å². The number of carbonyl (C=O) groups excluding carboxylic acids is 3. The average molecular weight is 430 g/mol. The van der Waals surface area contributed by atoms with E-state index in [0.717, 1.165) is 10.4 Å². The van der Waals surface area contributed by atoms with Crippen LogP contribution in [0.2, 0.25) is 0 Å². The van der Waals surface area contributed by atoms with Crippen LogP contribution in [0.25, 0.3) is 0 Å². The fourth-order valence-electron chi connectivity index (χ4n) is 3.56. The van der Waals surface area contributed by atoms with E-state index in [1.165, 1.54) is 18.4 Å². The molecule has 0 spiro atoms. The van der Waals surface area contributed by atoms with E-state index >= 15 is 0 Å². The summed E-state index contributed by atoms with van der Waals surface area (Å²) in [5.41, 5.74) is 1.79. The minimum Gasteiger partial charge on any atom is -0.464 e. The first-order chi connectivity index (χ1) is 14.2. The molecule has 2 aromatic rings. The normalized spacial score (nSPS) is 14.2. The SMILES string of the molecule is COC(=O)c1nc(NC(=O)C(CC(C)C)N2Cc3ccccc3C2=O)sc1C(C)C. The molecule has 7 nitrogen and oxygen atoms in total. The van der Waals surface area contributed by atoms with Crippen molar-refractivity contribution in [2.45, 2.75) is 52.6 Å². The number of fused-ring (bicyclic) bond motifs is 1. The van der Waals surface area contributed by atoms with Crippen molar-refractivity contribution in [2.24, 2.45) is 5.92 Å². The third-order valence-corrected chi connectivity index (χ3v) is 6.28. The standard InChI is InChI=1S/C22H27N3O4S/c1-12(2)10-16(25-11-14-8-6-7-9-15(14)20(25)27)19(26)24-22-23-17(21(28)29-5)18(30-22)13(3)4/h6-9,12-13,16H,10-11H2,1-5H3,(H,23,24,26). The number of anilines is 1. The molecule has 8 heteroatoms. The van der Waals surface area contributed by atoms with Crippen molar-refractivity contribution in [1.29, 1.82) is 0 Å². The van der Waals surface area contributed by atoms with Crippen LogP contribution in [0.15, 0.2) is 24.3 Å². The third kappa shape index (κ3) is 4.38. The summed E-state index contributed by atoms with van der Waals surface area (Å²) in [5, 5.41) is 3.17. The molecule has 0 saturated carbocycles. The zero-order chi connectivity index (χ0) is 22.0. The number of carbonyl (C=O) groups is 3. The van der Waals surface area contributed by atoms with Gasteiger partial charge in [0.15, 0.2) is 10.8 Å². The van der Waals surface area contributed by atoms with Gasteiger partial charge in [-0.1, -0.05) is 45.9 Å². The lowest BCUT2D eigenvalue weighted by atomic mass is 10.0. The molecule has 1 aromatic carbocycles. The Morgan fingerprint density at radius 3 is 2.53 bits per heavy atom. The Balaban J connectivity index is 1.85. The molecule has 1 N–H and O–H groups in total. The van der Waals surface area contributed by atoms with Crippen molar-refractivity contribution in [3.8, 4) is 0 Å². The Bertz CT molecular complexity index is 967. The van der Waals surface area contributed by atoms with E-state index in [-0.39, 0.29) is 29.3 Å². The lowest BCUT2D eigenvalue weighted by Crippen LogP contribution is -2.45. The highest BCUT2D eigenvalue weighted by Crippen LogP contribution is 2.32. The summed E-state index contributed by atoms with van der Waals surface area (Å²) in [6.45, 7) is 8.34. The first kappa shape index (κ1) is 22.0. The number of rotatable bonds is 7. The minimum atomic E-state index is -0.627. The fraction of sp³-hybridized carbons (Fsp3) is 0.455. The van der Waals surface area contributed by atoms with E-state index in [1.807, 2.05) is 45.9 Å². The summed E-state index contributed by atoms with van der Waals surface area (Å²) in [7, 11) is 1.30. The number of amides is 2. The predicted molar refractivity (Wildman–Crippen MR) is 116 cm³/mol. The second kappa shape index (κ2) is 8.95. The van der Waals surface area contributed by atoms with Gasteiger partial charge in [-0.25, -0.2) is 9.78 Å². The van der Waals surface area contributed by atoms with Gasteiger partial charge in [0, 0.05) is 17.0 Å². The van der Waals surface area contributed by atoms with Crippen LogP contribution in [0.3, 0.4) is 0 Å². The minimum absolute atomic E-state index is 0.0587. The van der Waals surface area contributed by atoms with Gasteiger partial charge in [0.1, 0.15) is 6.04 Å². The van der Waals surface area contributed by atoms with Crippen LogP contribution in [-0.4, -0.2) is 40.8 Å². The van der Waals surface area contributed by atoms with Gasteiger partial charge in [-0.3, -0.25) is 9.59 Å². The molecule has 30 heavy (non-hydrogen) atoms. The maximum atomic E-state index is 13.2. The Labute approximate surface area is 180 Å². The molecular formula is C22H27N3O4S. The van der Waals surface area contributed by atoms with Crippen LogP contribution in [0.5, 0.6) is 0 Å². The number of thiazole rings is 1. The molecule has 0 radical (unpaired) electrons. The number of methoxy groups -OCH3 is 1. The highest BCUT2D eigenvalue weighted by atomic mass is 32.1. The molecule has 2 heterocycles. The Kier molecular flexibility index (Phi) is 6.55. The second-order valence-corrected chi connectivity index (χ2v) is 9.13. The summed E-state index contributed by atoms with van der Waals surface area (Å²) in [6, 6.07) is 6.80. The van der Waals surface area contributed by atoms with Gasteiger partial charge in [0.25, 0.3) is 5.91 Å². The first-order valence-corrected chi connectivity index (χ1v) is 10.8. The van der Waals surface area contributed by atoms with Gasteiger partial charge in [-0.05, 0) is 29.9 Å². The van der Waals surface area contributed by atoms with Crippen LogP contribution >= 0.6 is 11.3 Å². The fourth-order valence-corrected chi connectivity index (χ4v) is 4.52. The number of hydrogen-bond acceptors (Lipinski definition) is 6. The topological polar surface area (TPSA) is 88.6 Å². The van der Waals surface area contributed by atoms with Crippen LogP contribution < -0.4 is 5.32 Å². The lowest BCUT2D eigenvalue weighted by Gasteiger charge is -2.27. The number of benzene rings is 1. The van der Waals surface area contributed by atoms with Gasteiger partial charge < -0.3 is 15.0 Å². The molecular weight excluding hydrogens is 402 g/mol. The van der Waals surface area contributed by atoms with Crippen molar-refractivity contribution in [2.75, 3.05) is 12.4 Å². The van der Waals surface area contributed by atoms with Crippen LogP contribution in [0, 0.1) is 5.92 Å². The predicted octanol–water partition coefficient (Wildman–Crippen LogP) is 4.06. The molecule has 0 aliphatic carbocycles. The summed E-state index contributed by atoms with van der Waals surface area (Å²) < 4.78 is 4.82. The van der Waals surface area contributed by atoms with Gasteiger partial charge >= 0.3 is 5.97 Å². The van der Waals surface area contributed by atoms with Gasteiger partial charge in [-0.15, -0.1) is 11.3 Å². The largest absolute Gasteiger partial charge is 0.464 e. The first-order valence-electron chi connectivity index (χ1n) is 10.0. The zero-order valence-electron chi connectivity index (χ0n) is 17.9. The summed E-state index contributed by atoms with van der Waals surface area (Å²) in [6.07, 6.45) is 0.526.